The molecule has 0 aromatic heterocycles. The van der Waals surface area contributed by atoms with E-state index < -0.39 is 0 Å². The molecule has 1 saturated heterocycles. The third kappa shape index (κ3) is 2.91. The summed E-state index contributed by atoms with van der Waals surface area (Å²) in [6.45, 7) is 3.87. The van der Waals surface area contributed by atoms with Crippen molar-refractivity contribution < 1.29 is 14.0 Å². The van der Waals surface area contributed by atoms with Crippen LogP contribution in [0.5, 0.6) is 0 Å². The molecule has 0 N–H and O–H groups in total. The number of carbonyl (C=O) groups is 2. The second-order valence-electron chi connectivity index (χ2n) is 5.86. The van der Waals surface area contributed by atoms with Gasteiger partial charge in [0.2, 0.25) is 5.91 Å². The van der Waals surface area contributed by atoms with E-state index in [1.165, 1.54) is 6.07 Å². The second kappa shape index (κ2) is 5.47. The molecule has 0 bridgehead atoms. The van der Waals surface area contributed by atoms with Crippen LogP contribution in [0.2, 0.25) is 0 Å². The van der Waals surface area contributed by atoms with Gasteiger partial charge in [0.1, 0.15) is 5.82 Å². The zero-order valence-electron chi connectivity index (χ0n) is 12.1. The molecule has 1 aromatic carbocycles. The van der Waals surface area contributed by atoms with E-state index in [-0.39, 0.29) is 23.5 Å². The molecule has 2 aliphatic rings. The standard InChI is InChI=1S/C16H19FN2O2/c1-11-2-3-13(10-14(11)17)16(21)19-8-6-18(7-9-19)15(20)12-4-5-12/h2-3,10,12H,4-9H2,1H3. The van der Waals surface area contributed by atoms with Crippen molar-refractivity contribution in [2.45, 2.75) is 19.8 Å². The van der Waals surface area contributed by atoms with Crippen LogP contribution in [0.15, 0.2) is 18.2 Å². The number of carbonyl (C=O) groups excluding carboxylic acids is 2. The minimum Gasteiger partial charge on any atom is -0.339 e. The lowest BCUT2D eigenvalue weighted by Crippen LogP contribution is -2.51. The molecule has 0 spiro atoms. The molecule has 1 aliphatic heterocycles. The fourth-order valence-electron chi connectivity index (χ4n) is 2.63. The Labute approximate surface area is 123 Å². The zero-order chi connectivity index (χ0) is 15.0. The first-order valence-electron chi connectivity index (χ1n) is 7.40. The Morgan fingerprint density at radius 2 is 1.71 bits per heavy atom. The van der Waals surface area contributed by atoms with Gasteiger partial charge in [-0.3, -0.25) is 9.59 Å². The van der Waals surface area contributed by atoms with Crippen LogP contribution in [-0.4, -0.2) is 47.8 Å². The van der Waals surface area contributed by atoms with E-state index in [1.807, 2.05) is 4.90 Å². The van der Waals surface area contributed by atoms with Gasteiger partial charge < -0.3 is 9.80 Å². The SMILES string of the molecule is Cc1ccc(C(=O)N2CCN(C(=O)C3CC3)CC2)cc1F. The summed E-state index contributed by atoms with van der Waals surface area (Å²) in [6.07, 6.45) is 2.00. The van der Waals surface area contributed by atoms with E-state index in [1.54, 1.807) is 24.0 Å². The number of piperazine rings is 1. The lowest BCUT2D eigenvalue weighted by molar-refractivity contribution is -0.134. The number of halogens is 1. The van der Waals surface area contributed by atoms with Crippen LogP contribution in [0.25, 0.3) is 0 Å². The van der Waals surface area contributed by atoms with Crippen LogP contribution >= 0.6 is 0 Å². The molecule has 2 fully saturated rings. The normalized spacial score (nSPS) is 18.8. The number of amides is 2. The summed E-state index contributed by atoms with van der Waals surface area (Å²) in [4.78, 5) is 27.8. The maximum Gasteiger partial charge on any atom is 0.254 e. The molecule has 3 rings (SSSR count). The summed E-state index contributed by atoms with van der Waals surface area (Å²) in [6, 6.07) is 4.57. The third-order valence-corrected chi connectivity index (χ3v) is 4.22. The first-order chi connectivity index (χ1) is 10.1. The van der Waals surface area contributed by atoms with Crippen LogP contribution in [-0.2, 0) is 4.79 Å². The Morgan fingerprint density at radius 1 is 1.10 bits per heavy atom. The van der Waals surface area contributed by atoms with Crippen LogP contribution in [0, 0.1) is 18.7 Å². The number of rotatable bonds is 2. The first-order valence-corrected chi connectivity index (χ1v) is 7.40. The van der Waals surface area contributed by atoms with Crippen LogP contribution in [0.3, 0.4) is 0 Å². The number of nitrogens with zero attached hydrogens (tertiary/aromatic N) is 2. The van der Waals surface area contributed by atoms with Gasteiger partial charge in [-0.25, -0.2) is 4.39 Å². The average molecular weight is 290 g/mol. The number of benzene rings is 1. The molecule has 0 radical (unpaired) electrons. The van der Waals surface area contributed by atoms with Gasteiger partial charge in [0, 0.05) is 37.7 Å². The Morgan fingerprint density at radius 3 is 2.29 bits per heavy atom. The van der Waals surface area contributed by atoms with Gasteiger partial charge in [-0.05, 0) is 37.5 Å². The molecule has 0 unspecified atom stereocenters. The van der Waals surface area contributed by atoms with Crippen molar-refractivity contribution in [3.8, 4) is 0 Å². The number of aryl methyl sites for hydroxylation is 1. The Bertz CT molecular complexity index is 576. The van der Waals surface area contributed by atoms with Gasteiger partial charge in [0.05, 0.1) is 0 Å². The predicted molar refractivity (Wildman–Crippen MR) is 76.3 cm³/mol. The molecule has 5 heteroatoms. The van der Waals surface area contributed by atoms with Crippen molar-refractivity contribution in [3.05, 3.63) is 35.1 Å². The van der Waals surface area contributed by atoms with Crippen LogP contribution in [0.1, 0.15) is 28.8 Å². The van der Waals surface area contributed by atoms with Gasteiger partial charge in [0.15, 0.2) is 0 Å². The van der Waals surface area contributed by atoms with Crippen molar-refractivity contribution in [3.63, 3.8) is 0 Å². The lowest BCUT2D eigenvalue weighted by Gasteiger charge is -2.35. The molecule has 2 amide bonds. The highest BCUT2D eigenvalue weighted by molar-refractivity contribution is 5.94. The van der Waals surface area contributed by atoms with Gasteiger partial charge in [-0.2, -0.15) is 0 Å². The van der Waals surface area contributed by atoms with Crippen LogP contribution < -0.4 is 0 Å². The Hall–Kier alpha value is -1.91. The molecule has 112 valence electrons. The topological polar surface area (TPSA) is 40.6 Å². The van der Waals surface area contributed by atoms with E-state index in [4.69, 9.17) is 0 Å². The second-order valence-corrected chi connectivity index (χ2v) is 5.86. The molecule has 21 heavy (non-hydrogen) atoms. The fourth-order valence-corrected chi connectivity index (χ4v) is 2.63. The Balaban J connectivity index is 1.61. The minimum atomic E-state index is -0.358. The predicted octanol–water partition coefficient (Wildman–Crippen LogP) is 1.83. The highest BCUT2D eigenvalue weighted by Gasteiger charge is 2.35. The molecule has 1 aromatic rings. The van der Waals surface area contributed by atoms with Gasteiger partial charge in [-0.1, -0.05) is 6.07 Å². The third-order valence-electron chi connectivity index (χ3n) is 4.22. The lowest BCUT2D eigenvalue weighted by atomic mass is 10.1. The van der Waals surface area contributed by atoms with Crippen molar-refractivity contribution in [2.75, 3.05) is 26.2 Å². The molecule has 4 nitrogen and oxygen atoms in total. The summed E-state index contributed by atoms with van der Waals surface area (Å²) >= 11 is 0. The number of hydrogen-bond acceptors (Lipinski definition) is 2. The summed E-state index contributed by atoms with van der Waals surface area (Å²) in [5.41, 5.74) is 0.909. The van der Waals surface area contributed by atoms with E-state index in [0.29, 0.717) is 37.3 Å². The summed E-state index contributed by atoms with van der Waals surface area (Å²) in [5, 5.41) is 0. The van der Waals surface area contributed by atoms with Crippen LogP contribution in [0.4, 0.5) is 4.39 Å². The van der Waals surface area contributed by atoms with E-state index >= 15 is 0 Å². The smallest absolute Gasteiger partial charge is 0.254 e. The summed E-state index contributed by atoms with van der Waals surface area (Å²) in [5.74, 6) is -0.0715. The fraction of sp³-hybridized carbons (Fsp3) is 0.500. The molecule has 0 atom stereocenters. The van der Waals surface area contributed by atoms with Gasteiger partial charge in [-0.15, -0.1) is 0 Å². The molecule has 1 saturated carbocycles. The molecular weight excluding hydrogens is 271 g/mol. The maximum absolute atomic E-state index is 13.5. The largest absolute Gasteiger partial charge is 0.339 e. The van der Waals surface area contributed by atoms with Gasteiger partial charge in [0.25, 0.3) is 5.91 Å². The number of hydrogen-bond donors (Lipinski definition) is 0. The Kier molecular flexibility index (Phi) is 3.66. The molecule has 1 aliphatic carbocycles. The summed E-state index contributed by atoms with van der Waals surface area (Å²) < 4.78 is 13.5. The first kappa shape index (κ1) is 14.0. The average Bonchev–Trinajstić information content (AvgIpc) is 3.33. The van der Waals surface area contributed by atoms with Gasteiger partial charge >= 0.3 is 0 Å². The van der Waals surface area contributed by atoms with Crippen molar-refractivity contribution in [1.29, 1.82) is 0 Å². The van der Waals surface area contributed by atoms with E-state index in [0.717, 1.165) is 12.8 Å². The maximum atomic E-state index is 13.5. The van der Waals surface area contributed by atoms with E-state index in [2.05, 4.69) is 0 Å². The monoisotopic (exact) mass is 290 g/mol. The van der Waals surface area contributed by atoms with Crippen molar-refractivity contribution in [2.24, 2.45) is 5.92 Å². The highest BCUT2D eigenvalue weighted by Crippen LogP contribution is 2.31. The van der Waals surface area contributed by atoms with Crippen molar-refractivity contribution >= 4 is 11.8 Å². The van der Waals surface area contributed by atoms with Crippen molar-refractivity contribution in [1.82, 2.24) is 9.80 Å². The molecular formula is C16H19FN2O2. The minimum absolute atomic E-state index is 0.160. The zero-order valence-corrected chi connectivity index (χ0v) is 12.1. The summed E-state index contributed by atoms with van der Waals surface area (Å²) in [7, 11) is 0. The molecule has 1 heterocycles. The highest BCUT2D eigenvalue weighted by atomic mass is 19.1. The van der Waals surface area contributed by atoms with E-state index in [9.17, 15) is 14.0 Å². The quantitative estimate of drug-likeness (QED) is 0.834.